The molecule has 2 fully saturated rings. The zero-order valence-corrected chi connectivity index (χ0v) is 17.9. The van der Waals surface area contributed by atoms with Gasteiger partial charge in [0.15, 0.2) is 0 Å². The van der Waals surface area contributed by atoms with E-state index in [1.165, 1.54) is 30.4 Å². The molecule has 1 aromatic carbocycles. The Morgan fingerprint density at radius 2 is 2.03 bits per heavy atom. The summed E-state index contributed by atoms with van der Waals surface area (Å²) in [5.74, 6) is 0.273. The topological polar surface area (TPSA) is 59.4 Å². The Morgan fingerprint density at radius 1 is 1.20 bits per heavy atom. The summed E-state index contributed by atoms with van der Waals surface area (Å²) in [6.45, 7) is 0.770. The molecule has 7 heteroatoms. The molecule has 6 nitrogen and oxygen atoms in total. The van der Waals surface area contributed by atoms with Gasteiger partial charge in [-0.05, 0) is 48.9 Å². The lowest BCUT2D eigenvalue weighted by Gasteiger charge is -2.33. The fourth-order valence-corrected chi connectivity index (χ4v) is 5.78. The van der Waals surface area contributed by atoms with E-state index in [9.17, 15) is 4.79 Å². The second kappa shape index (κ2) is 8.69. The number of esters is 1. The maximum absolute atomic E-state index is 13.1. The van der Waals surface area contributed by atoms with Gasteiger partial charge in [-0.25, -0.2) is 9.99 Å². The second-order valence-corrected chi connectivity index (χ2v) is 9.00. The normalized spacial score (nSPS) is 25.1. The minimum Gasteiger partial charge on any atom is -0.461 e. The van der Waals surface area contributed by atoms with Gasteiger partial charge in [0.25, 0.3) is 0 Å². The second-order valence-electron chi connectivity index (χ2n) is 8.83. The Morgan fingerprint density at radius 3 is 2.87 bits per heavy atom. The van der Waals surface area contributed by atoms with Crippen molar-refractivity contribution in [3.05, 3.63) is 42.4 Å². The summed E-state index contributed by atoms with van der Waals surface area (Å²) < 4.78 is 8.51. The van der Waals surface area contributed by atoms with Crippen LogP contribution in [-0.4, -0.2) is 39.2 Å². The molecular weight excluding hydrogens is 400 g/mol. The number of aromatic nitrogens is 2. The highest BCUT2D eigenvalue weighted by molar-refractivity contribution is 6.13. The Balaban J connectivity index is 1.40. The predicted octanol–water partition coefficient (Wildman–Crippen LogP) is 4.46. The first kappa shape index (κ1) is 20.0. The SMILES string of the molecule is O=C(O[C@H](CC1c2ccccc2-c2cncn21)C1CCCCC1)[C@@H]1CCCN1NCl. The summed E-state index contributed by atoms with van der Waals surface area (Å²) in [7, 11) is 0. The number of ether oxygens (including phenoxy) is 1. The van der Waals surface area contributed by atoms with Crippen molar-refractivity contribution in [3.63, 3.8) is 0 Å². The molecule has 3 aliphatic rings. The van der Waals surface area contributed by atoms with E-state index in [1.54, 1.807) is 5.01 Å². The molecule has 5 rings (SSSR count). The van der Waals surface area contributed by atoms with Crippen molar-refractivity contribution in [3.8, 4) is 11.3 Å². The summed E-state index contributed by atoms with van der Waals surface area (Å²) >= 11 is 5.83. The van der Waals surface area contributed by atoms with E-state index in [1.807, 2.05) is 12.5 Å². The van der Waals surface area contributed by atoms with E-state index in [4.69, 9.17) is 16.5 Å². The van der Waals surface area contributed by atoms with E-state index in [0.29, 0.717) is 5.92 Å². The smallest absolute Gasteiger partial charge is 0.325 e. The van der Waals surface area contributed by atoms with E-state index < -0.39 is 0 Å². The van der Waals surface area contributed by atoms with Crippen LogP contribution in [0.2, 0.25) is 0 Å². The highest BCUT2D eigenvalue weighted by Gasteiger charge is 2.38. The number of hydrogen-bond donors (Lipinski definition) is 1. The summed E-state index contributed by atoms with van der Waals surface area (Å²) in [4.78, 5) is 20.1. The maximum atomic E-state index is 13.1. The molecule has 0 radical (unpaired) electrons. The van der Waals surface area contributed by atoms with Crippen molar-refractivity contribution >= 4 is 17.7 Å². The minimum atomic E-state index is -0.298. The fraction of sp³-hybridized carbons (Fsp3) is 0.565. The van der Waals surface area contributed by atoms with Gasteiger partial charge in [-0.2, -0.15) is 4.94 Å². The molecule has 0 bridgehead atoms. The number of hydrazine groups is 1. The Hall–Kier alpha value is -1.89. The van der Waals surface area contributed by atoms with E-state index in [-0.39, 0.29) is 24.2 Å². The molecule has 1 unspecified atom stereocenters. The summed E-state index contributed by atoms with van der Waals surface area (Å²) in [6, 6.07) is 8.38. The Bertz CT molecular complexity index is 895. The molecule has 1 aromatic heterocycles. The zero-order valence-electron chi connectivity index (χ0n) is 17.2. The van der Waals surface area contributed by atoms with Crippen LogP contribution in [0.15, 0.2) is 36.8 Å². The fourth-order valence-electron chi connectivity index (χ4n) is 5.58. The average molecular weight is 429 g/mol. The third-order valence-corrected chi connectivity index (χ3v) is 7.35. The molecular formula is C23H29ClN4O2. The van der Waals surface area contributed by atoms with Gasteiger partial charge in [-0.3, -0.25) is 4.79 Å². The number of fused-ring (bicyclic) bond motifs is 3. The number of benzene rings is 1. The van der Waals surface area contributed by atoms with Crippen molar-refractivity contribution in [1.29, 1.82) is 0 Å². The highest BCUT2D eigenvalue weighted by Crippen LogP contribution is 2.43. The number of nitrogens with zero attached hydrogens (tertiary/aromatic N) is 3. The van der Waals surface area contributed by atoms with Crippen LogP contribution >= 0.6 is 11.8 Å². The third kappa shape index (κ3) is 3.66. The summed E-state index contributed by atoms with van der Waals surface area (Å²) in [5, 5.41) is 1.79. The quantitative estimate of drug-likeness (QED) is 0.543. The van der Waals surface area contributed by atoms with Crippen molar-refractivity contribution in [2.45, 2.75) is 69.6 Å². The predicted molar refractivity (Wildman–Crippen MR) is 116 cm³/mol. The van der Waals surface area contributed by atoms with E-state index >= 15 is 0 Å². The van der Waals surface area contributed by atoms with E-state index in [2.05, 4.69) is 38.8 Å². The van der Waals surface area contributed by atoms with Crippen molar-refractivity contribution in [1.82, 2.24) is 19.5 Å². The number of rotatable bonds is 6. The Kier molecular flexibility index (Phi) is 5.81. The lowest BCUT2D eigenvalue weighted by Crippen LogP contribution is -2.44. The number of halogens is 1. The lowest BCUT2D eigenvalue weighted by atomic mass is 9.82. The maximum Gasteiger partial charge on any atom is 0.325 e. The number of carbonyl (C=O) groups is 1. The molecule has 2 aliphatic heterocycles. The monoisotopic (exact) mass is 428 g/mol. The number of imidazole rings is 1. The van der Waals surface area contributed by atoms with Gasteiger partial charge in [0.05, 0.1) is 24.3 Å². The molecule has 160 valence electrons. The van der Waals surface area contributed by atoms with Gasteiger partial charge >= 0.3 is 5.97 Å². The van der Waals surface area contributed by atoms with Crippen LogP contribution in [0.25, 0.3) is 11.3 Å². The van der Waals surface area contributed by atoms with Gasteiger partial charge in [0.2, 0.25) is 0 Å². The van der Waals surface area contributed by atoms with Gasteiger partial charge in [-0.15, -0.1) is 0 Å². The molecule has 1 aliphatic carbocycles. The zero-order chi connectivity index (χ0) is 20.5. The van der Waals surface area contributed by atoms with Crippen LogP contribution in [0.5, 0.6) is 0 Å². The number of carbonyl (C=O) groups excluding carboxylic acids is 1. The van der Waals surface area contributed by atoms with Crippen LogP contribution in [0.1, 0.15) is 63.0 Å². The molecule has 0 amide bonds. The summed E-state index contributed by atoms with van der Waals surface area (Å²) in [5.41, 5.74) is 3.69. The van der Waals surface area contributed by atoms with Crippen LogP contribution < -0.4 is 4.94 Å². The van der Waals surface area contributed by atoms with Crippen LogP contribution in [0, 0.1) is 5.92 Å². The van der Waals surface area contributed by atoms with Crippen molar-refractivity contribution < 1.29 is 9.53 Å². The van der Waals surface area contributed by atoms with Gasteiger partial charge < -0.3 is 9.30 Å². The lowest BCUT2D eigenvalue weighted by molar-refractivity contribution is -0.159. The Labute approximate surface area is 182 Å². The molecule has 3 heterocycles. The first-order valence-corrected chi connectivity index (χ1v) is 11.6. The molecule has 2 aromatic rings. The first-order chi connectivity index (χ1) is 14.8. The highest BCUT2D eigenvalue weighted by atomic mass is 35.5. The van der Waals surface area contributed by atoms with Gasteiger partial charge in [-0.1, -0.05) is 43.5 Å². The summed E-state index contributed by atoms with van der Waals surface area (Å²) in [6.07, 6.45) is 12.2. The third-order valence-electron chi connectivity index (χ3n) is 7.13. The average Bonchev–Trinajstić information content (AvgIpc) is 3.51. The van der Waals surface area contributed by atoms with Crippen LogP contribution in [-0.2, 0) is 9.53 Å². The molecule has 1 N–H and O–H groups in total. The molecule has 3 atom stereocenters. The number of nitrogens with one attached hydrogen (secondary N) is 1. The molecule has 1 saturated carbocycles. The first-order valence-electron chi connectivity index (χ1n) is 11.2. The van der Waals surface area contributed by atoms with Crippen molar-refractivity contribution in [2.24, 2.45) is 5.92 Å². The van der Waals surface area contributed by atoms with Crippen LogP contribution in [0.3, 0.4) is 0 Å². The van der Waals surface area contributed by atoms with E-state index in [0.717, 1.165) is 44.3 Å². The van der Waals surface area contributed by atoms with Gasteiger partial charge in [0, 0.05) is 18.5 Å². The largest absolute Gasteiger partial charge is 0.461 e. The molecule has 0 spiro atoms. The van der Waals surface area contributed by atoms with Crippen molar-refractivity contribution in [2.75, 3.05) is 6.54 Å². The minimum absolute atomic E-state index is 0.0954. The van der Waals surface area contributed by atoms with Gasteiger partial charge in [0.1, 0.15) is 12.1 Å². The number of hydrogen-bond acceptors (Lipinski definition) is 5. The standard InChI is InChI=1S/C23H29ClN4O2/c24-26-28-12-6-11-19(28)23(29)30-22(16-7-2-1-3-8-16)13-20-17-9-4-5-10-18(17)21-14-25-15-27(20)21/h4-5,9-10,14-16,19-20,22,26H,1-3,6-8,11-13H2/t19-,20?,22+/m0/s1. The molecule has 1 saturated heterocycles. The van der Waals surface area contributed by atoms with Crippen LogP contribution in [0.4, 0.5) is 0 Å². The molecule has 30 heavy (non-hydrogen) atoms.